The molecule has 0 atom stereocenters. The Hall–Kier alpha value is -1.01. The summed E-state index contributed by atoms with van der Waals surface area (Å²) in [5, 5.41) is 0. The van der Waals surface area contributed by atoms with Crippen LogP contribution in [-0.4, -0.2) is 38.1 Å². The molecular formula is C10H17NO2. The van der Waals surface area contributed by atoms with Crippen molar-refractivity contribution in [1.82, 2.24) is 4.90 Å². The second-order valence-corrected chi connectivity index (χ2v) is 2.84. The van der Waals surface area contributed by atoms with Crippen LogP contribution in [0.5, 0.6) is 0 Å². The van der Waals surface area contributed by atoms with E-state index in [0.717, 1.165) is 19.5 Å². The van der Waals surface area contributed by atoms with E-state index in [1.54, 1.807) is 0 Å². The van der Waals surface area contributed by atoms with Gasteiger partial charge in [0, 0.05) is 6.42 Å². The molecule has 0 aromatic heterocycles. The average Bonchev–Trinajstić information content (AvgIpc) is 2.14. The zero-order valence-corrected chi connectivity index (χ0v) is 8.59. The van der Waals surface area contributed by atoms with Gasteiger partial charge in [0.05, 0.1) is 13.7 Å². The van der Waals surface area contributed by atoms with Crippen LogP contribution in [0.4, 0.5) is 0 Å². The Morgan fingerprint density at radius 2 is 2.23 bits per heavy atom. The van der Waals surface area contributed by atoms with Gasteiger partial charge < -0.3 is 4.74 Å². The Bertz CT molecular complexity index is 203. The molecule has 74 valence electrons. The minimum atomic E-state index is -0.144. The molecule has 3 heteroatoms. The summed E-state index contributed by atoms with van der Waals surface area (Å²) in [5.41, 5.74) is 0. The van der Waals surface area contributed by atoms with Crippen molar-refractivity contribution in [2.75, 3.05) is 27.2 Å². The van der Waals surface area contributed by atoms with Gasteiger partial charge in [0.1, 0.15) is 0 Å². The van der Waals surface area contributed by atoms with Gasteiger partial charge in [0.15, 0.2) is 0 Å². The molecule has 0 N–H and O–H groups in total. The van der Waals surface area contributed by atoms with E-state index in [-0.39, 0.29) is 5.97 Å². The van der Waals surface area contributed by atoms with Crippen molar-refractivity contribution >= 4 is 5.97 Å². The van der Waals surface area contributed by atoms with Crippen molar-refractivity contribution in [2.24, 2.45) is 0 Å². The van der Waals surface area contributed by atoms with E-state index < -0.39 is 0 Å². The molecule has 0 radical (unpaired) electrons. The van der Waals surface area contributed by atoms with E-state index in [9.17, 15) is 4.79 Å². The number of nitrogens with zero attached hydrogens (tertiary/aromatic N) is 1. The normalized spacial score (nSPS) is 9.23. The summed E-state index contributed by atoms with van der Waals surface area (Å²) < 4.78 is 4.53. The van der Waals surface area contributed by atoms with Gasteiger partial charge in [-0.1, -0.05) is 5.92 Å². The number of esters is 1. The Kier molecular flexibility index (Phi) is 7.04. The van der Waals surface area contributed by atoms with Gasteiger partial charge in [-0.2, -0.15) is 0 Å². The van der Waals surface area contributed by atoms with Crippen LogP contribution in [0.15, 0.2) is 0 Å². The average molecular weight is 183 g/mol. The molecule has 0 heterocycles. The lowest BCUT2D eigenvalue weighted by Gasteiger charge is -2.11. The SMILES string of the molecule is CC#CCN(C)CCCC(=O)OC. The maximum Gasteiger partial charge on any atom is 0.305 e. The predicted molar refractivity (Wildman–Crippen MR) is 52.2 cm³/mol. The third kappa shape index (κ3) is 7.35. The van der Waals surface area contributed by atoms with Gasteiger partial charge in [0.2, 0.25) is 0 Å². The summed E-state index contributed by atoms with van der Waals surface area (Å²) in [6.07, 6.45) is 1.31. The topological polar surface area (TPSA) is 29.5 Å². The van der Waals surface area contributed by atoms with Crippen LogP contribution in [-0.2, 0) is 9.53 Å². The maximum atomic E-state index is 10.7. The van der Waals surface area contributed by atoms with Crippen molar-refractivity contribution in [2.45, 2.75) is 19.8 Å². The van der Waals surface area contributed by atoms with Crippen molar-refractivity contribution in [3.05, 3.63) is 0 Å². The monoisotopic (exact) mass is 183 g/mol. The van der Waals surface area contributed by atoms with Crippen LogP contribution in [0, 0.1) is 11.8 Å². The highest BCUT2D eigenvalue weighted by molar-refractivity contribution is 5.69. The quantitative estimate of drug-likeness (QED) is 0.468. The fraction of sp³-hybridized carbons (Fsp3) is 0.700. The molecule has 3 nitrogen and oxygen atoms in total. The second kappa shape index (κ2) is 7.63. The number of rotatable bonds is 5. The largest absolute Gasteiger partial charge is 0.469 e. The van der Waals surface area contributed by atoms with Gasteiger partial charge in [0.25, 0.3) is 0 Å². The van der Waals surface area contributed by atoms with Crippen molar-refractivity contribution in [3.63, 3.8) is 0 Å². The van der Waals surface area contributed by atoms with Crippen molar-refractivity contribution in [3.8, 4) is 11.8 Å². The predicted octanol–water partition coefficient (Wildman–Crippen LogP) is 0.895. The van der Waals surface area contributed by atoms with E-state index in [4.69, 9.17) is 0 Å². The molecule has 0 aliphatic carbocycles. The van der Waals surface area contributed by atoms with Crippen LogP contribution >= 0.6 is 0 Å². The Morgan fingerprint density at radius 3 is 2.77 bits per heavy atom. The standard InChI is InChI=1S/C10H17NO2/c1-4-5-8-11(2)9-6-7-10(12)13-3/h6-9H2,1-3H3. The smallest absolute Gasteiger partial charge is 0.305 e. The van der Waals surface area contributed by atoms with Gasteiger partial charge >= 0.3 is 5.97 Å². The zero-order valence-electron chi connectivity index (χ0n) is 8.59. The second-order valence-electron chi connectivity index (χ2n) is 2.84. The van der Waals surface area contributed by atoms with E-state index in [0.29, 0.717) is 6.42 Å². The Morgan fingerprint density at radius 1 is 1.54 bits per heavy atom. The third-order valence-corrected chi connectivity index (χ3v) is 1.67. The first-order valence-corrected chi connectivity index (χ1v) is 4.35. The van der Waals surface area contributed by atoms with Gasteiger partial charge in [-0.15, -0.1) is 5.92 Å². The van der Waals surface area contributed by atoms with Gasteiger partial charge in [-0.3, -0.25) is 9.69 Å². The first kappa shape index (κ1) is 12.0. The Labute approximate surface area is 80.1 Å². The number of methoxy groups -OCH3 is 1. The minimum Gasteiger partial charge on any atom is -0.469 e. The highest BCUT2D eigenvalue weighted by Crippen LogP contribution is 1.93. The molecule has 0 rings (SSSR count). The van der Waals surface area contributed by atoms with E-state index in [1.165, 1.54) is 7.11 Å². The highest BCUT2D eigenvalue weighted by Gasteiger charge is 2.01. The molecule has 0 spiro atoms. The molecule has 0 aromatic rings. The van der Waals surface area contributed by atoms with E-state index in [2.05, 4.69) is 21.5 Å². The van der Waals surface area contributed by atoms with Crippen molar-refractivity contribution in [1.29, 1.82) is 0 Å². The third-order valence-electron chi connectivity index (χ3n) is 1.67. The lowest BCUT2D eigenvalue weighted by molar-refractivity contribution is -0.140. The molecule has 0 aliphatic heterocycles. The van der Waals surface area contributed by atoms with Crippen LogP contribution in [0.2, 0.25) is 0 Å². The summed E-state index contributed by atoms with van der Waals surface area (Å²) in [6, 6.07) is 0. The molecule has 0 aliphatic rings. The number of carbonyl (C=O) groups excluding carboxylic acids is 1. The number of carbonyl (C=O) groups is 1. The van der Waals surface area contributed by atoms with E-state index in [1.807, 2.05) is 14.0 Å². The molecule has 0 saturated carbocycles. The lowest BCUT2D eigenvalue weighted by Crippen LogP contribution is -2.20. The number of hydrogen-bond acceptors (Lipinski definition) is 3. The van der Waals surface area contributed by atoms with Gasteiger partial charge in [-0.25, -0.2) is 0 Å². The molecule has 0 saturated heterocycles. The fourth-order valence-electron chi connectivity index (χ4n) is 0.888. The number of hydrogen-bond donors (Lipinski definition) is 0. The molecule has 0 unspecified atom stereocenters. The van der Waals surface area contributed by atoms with Crippen LogP contribution in [0.1, 0.15) is 19.8 Å². The minimum absolute atomic E-state index is 0.144. The summed E-state index contributed by atoms with van der Waals surface area (Å²) in [4.78, 5) is 12.8. The lowest BCUT2D eigenvalue weighted by atomic mass is 10.3. The van der Waals surface area contributed by atoms with Crippen molar-refractivity contribution < 1.29 is 9.53 Å². The summed E-state index contributed by atoms with van der Waals surface area (Å²) in [6.45, 7) is 3.46. The molecule has 0 aromatic carbocycles. The molecule has 0 amide bonds. The summed E-state index contributed by atoms with van der Waals surface area (Å²) in [5.74, 6) is 5.64. The van der Waals surface area contributed by atoms with Crippen LogP contribution < -0.4 is 0 Å². The first-order valence-electron chi connectivity index (χ1n) is 4.35. The Balaban J connectivity index is 3.40. The zero-order chi connectivity index (χ0) is 10.1. The van der Waals surface area contributed by atoms with Crippen LogP contribution in [0.3, 0.4) is 0 Å². The number of ether oxygens (including phenoxy) is 1. The van der Waals surface area contributed by atoms with E-state index >= 15 is 0 Å². The highest BCUT2D eigenvalue weighted by atomic mass is 16.5. The molecule has 0 bridgehead atoms. The first-order chi connectivity index (χ1) is 6.20. The summed E-state index contributed by atoms with van der Waals surface area (Å²) in [7, 11) is 3.40. The fourth-order valence-corrected chi connectivity index (χ4v) is 0.888. The summed E-state index contributed by atoms with van der Waals surface area (Å²) >= 11 is 0. The molecular weight excluding hydrogens is 166 g/mol. The molecule has 13 heavy (non-hydrogen) atoms. The van der Waals surface area contributed by atoms with Crippen LogP contribution in [0.25, 0.3) is 0 Å². The van der Waals surface area contributed by atoms with Gasteiger partial charge in [-0.05, 0) is 26.9 Å². The molecule has 0 fully saturated rings. The maximum absolute atomic E-state index is 10.7.